The summed E-state index contributed by atoms with van der Waals surface area (Å²) in [4.78, 5) is 12.0. The molecule has 2 aromatic carbocycles. The summed E-state index contributed by atoms with van der Waals surface area (Å²) in [6, 6.07) is 15.2. The van der Waals surface area contributed by atoms with Crippen LogP contribution in [-0.2, 0) is 12.3 Å². The predicted molar refractivity (Wildman–Crippen MR) is 85.0 cm³/mol. The zero-order valence-electron chi connectivity index (χ0n) is 11.9. The molecule has 0 aromatic heterocycles. The molecule has 0 bridgehead atoms. The monoisotopic (exact) mass is 303 g/mol. The normalized spacial score (nSPS) is 10.2. The van der Waals surface area contributed by atoms with Crippen molar-refractivity contribution in [2.45, 2.75) is 12.3 Å². The van der Waals surface area contributed by atoms with Crippen LogP contribution in [0.3, 0.4) is 0 Å². The lowest BCUT2D eigenvalue weighted by molar-refractivity contribution is 0.0954. The molecule has 0 spiro atoms. The minimum absolute atomic E-state index is 0.0788. The highest BCUT2D eigenvalue weighted by molar-refractivity contribution is 6.17. The maximum atomic E-state index is 12.0. The van der Waals surface area contributed by atoms with Crippen molar-refractivity contribution < 1.29 is 9.53 Å². The van der Waals surface area contributed by atoms with E-state index in [1.165, 1.54) is 0 Å². The Kier molecular flexibility index (Phi) is 5.64. The number of amides is 1. The van der Waals surface area contributed by atoms with Crippen LogP contribution in [0.15, 0.2) is 48.5 Å². The van der Waals surface area contributed by atoms with Crippen LogP contribution in [0.5, 0.6) is 5.75 Å². The van der Waals surface area contributed by atoms with Gasteiger partial charge in [-0.05, 0) is 41.8 Å². The highest BCUT2D eigenvalue weighted by Crippen LogP contribution is 2.12. The van der Waals surface area contributed by atoms with E-state index >= 15 is 0 Å². The second-order valence-corrected chi connectivity index (χ2v) is 4.96. The van der Waals surface area contributed by atoms with E-state index in [0.717, 1.165) is 23.3 Å². The van der Waals surface area contributed by atoms with Gasteiger partial charge in [0, 0.05) is 18.0 Å². The molecule has 0 aliphatic rings. The molecule has 0 heterocycles. The minimum Gasteiger partial charge on any atom is -0.497 e. The van der Waals surface area contributed by atoms with Crippen LogP contribution < -0.4 is 10.1 Å². The first kappa shape index (κ1) is 15.4. The van der Waals surface area contributed by atoms with Gasteiger partial charge in [0.05, 0.1) is 7.11 Å². The van der Waals surface area contributed by atoms with Gasteiger partial charge in [0.15, 0.2) is 0 Å². The van der Waals surface area contributed by atoms with E-state index in [9.17, 15) is 4.79 Å². The molecule has 0 saturated heterocycles. The van der Waals surface area contributed by atoms with E-state index in [1.807, 2.05) is 42.5 Å². The van der Waals surface area contributed by atoms with Gasteiger partial charge in [-0.1, -0.05) is 24.3 Å². The number of halogens is 1. The summed E-state index contributed by atoms with van der Waals surface area (Å²) in [6.07, 6.45) is 0.762. The van der Waals surface area contributed by atoms with E-state index < -0.39 is 0 Å². The maximum absolute atomic E-state index is 12.0. The molecule has 2 aromatic rings. The van der Waals surface area contributed by atoms with Gasteiger partial charge in [-0.15, -0.1) is 11.6 Å². The van der Waals surface area contributed by atoms with Crippen LogP contribution in [0.4, 0.5) is 0 Å². The number of hydrogen-bond acceptors (Lipinski definition) is 2. The number of hydrogen-bond donors (Lipinski definition) is 1. The number of ether oxygens (including phenoxy) is 1. The van der Waals surface area contributed by atoms with Gasteiger partial charge in [-0.3, -0.25) is 4.79 Å². The van der Waals surface area contributed by atoms with Gasteiger partial charge in [-0.25, -0.2) is 0 Å². The predicted octanol–water partition coefficient (Wildman–Crippen LogP) is 3.41. The molecule has 0 unspecified atom stereocenters. The molecule has 21 heavy (non-hydrogen) atoms. The molecule has 0 saturated carbocycles. The second kappa shape index (κ2) is 7.70. The molecule has 0 radical (unpaired) electrons. The van der Waals surface area contributed by atoms with Crippen molar-refractivity contribution in [1.29, 1.82) is 0 Å². The standard InChI is InChI=1S/C17H18ClNO2/c1-21-16-7-3-4-13(11-16)8-9-19-17(20)15-6-2-5-14(10-15)12-18/h2-7,10-11H,8-9,12H2,1H3,(H,19,20). The van der Waals surface area contributed by atoms with Gasteiger partial charge in [0.2, 0.25) is 0 Å². The summed E-state index contributed by atoms with van der Waals surface area (Å²) in [6.45, 7) is 0.580. The lowest BCUT2D eigenvalue weighted by Gasteiger charge is -2.07. The molecule has 0 aliphatic heterocycles. The third kappa shape index (κ3) is 4.50. The van der Waals surface area contributed by atoms with Crippen LogP contribution in [0, 0.1) is 0 Å². The third-order valence-corrected chi connectivity index (χ3v) is 3.49. The average Bonchev–Trinajstić information content (AvgIpc) is 2.55. The number of carbonyl (C=O) groups is 1. The first-order chi connectivity index (χ1) is 10.2. The van der Waals surface area contributed by atoms with Crippen LogP contribution in [0.25, 0.3) is 0 Å². The van der Waals surface area contributed by atoms with Gasteiger partial charge in [0.25, 0.3) is 5.91 Å². The molecule has 0 aliphatic carbocycles. The third-order valence-electron chi connectivity index (χ3n) is 3.18. The van der Waals surface area contributed by atoms with E-state index in [0.29, 0.717) is 18.0 Å². The Morgan fingerprint density at radius 2 is 1.90 bits per heavy atom. The zero-order valence-corrected chi connectivity index (χ0v) is 12.7. The van der Waals surface area contributed by atoms with Crippen molar-refractivity contribution in [3.8, 4) is 5.75 Å². The highest BCUT2D eigenvalue weighted by Gasteiger charge is 2.05. The quantitative estimate of drug-likeness (QED) is 0.831. The van der Waals surface area contributed by atoms with Crippen molar-refractivity contribution in [1.82, 2.24) is 5.32 Å². The fourth-order valence-corrected chi connectivity index (χ4v) is 2.21. The van der Waals surface area contributed by atoms with Crippen molar-refractivity contribution in [2.75, 3.05) is 13.7 Å². The van der Waals surface area contributed by atoms with Gasteiger partial charge in [0.1, 0.15) is 5.75 Å². The lowest BCUT2D eigenvalue weighted by atomic mass is 10.1. The van der Waals surface area contributed by atoms with Gasteiger partial charge in [-0.2, -0.15) is 0 Å². The number of rotatable bonds is 6. The number of methoxy groups -OCH3 is 1. The maximum Gasteiger partial charge on any atom is 0.251 e. The van der Waals surface area contributed by atoms with Crippen molar-refractivity contribution >= 4 is 17.5 Å². The molecule has 1 amide bonds. The number of benzene rings is 2. The first-order valence-electron chi connectivity index (χ1n) is 6.79. The summed E-state index contributed by atoms with van der Waals surface area (Å²) in [5.41, 5.74) is 2.71. The Balaban J connectivity index is 1.88. The Morgan fingerprint density at radius 1 is 1.14 bits per heavy atom. The van der Waals surface area contributed by atoms with Crippen LogP contribution in [0.1, 0.15) is 21.5 Å². The minimum atomic E-state index is -0.0788. The van der Waals surface area contributed by atoms with Crippen molar-refractivity contribution in [3.63, 3.8) is 0 Å². The van der Waals surface area contributed by atoms with Crippen molar-refractivity contribution in [2.24, 2.45) is 0 Å². The first-order valence-corrected chi connectivity index (χ1v) is 7.32. The number of nitrogens with one attached hydrogen (secondary N) is 1. The topological polar surface area (TPSA) is 38.3 Å². The average molecular weight is 304 g/mol. The fraction of sp³-hybridized carbons (Fsp3) is 0.235. The smallest absolute Gasteiger partial charge is 0.251 e. The van der Waals surface area contributed by atoms with Gasteiger partial charge < -0.3 is 10.1 Å². The summed E-state index contributed by atoms with van der Waals surface area (Å²) >= 11 is 5.77. The van der Waals surface area contributed by atoms with Crippen molar-refractivity contribution in [3.05, 3.63) is 65.2 Å². The van der Waals surface area contributed by atoms with E-state index in [2.05, 4.69) is 5.32 Å². The largest absolute Gasteiger partial charge is 0.497 e. The summed E-state index contributed by atoms with van der Waals surface area (Å²) in [5.74, 6) is 1.16. The molecule has 4 heteroatoms. The second-order valence-electron chi connectivity index (χ2n) is 4.69. The summed E-state index contributed by atoms with van der Waals surface area (Å²) < 4.78 is 5.18. The molecular formula is C17H18ClNO2. The Morgan fingerprint density at radius 3 is 2.67 bits per heavy atom. The Hall–Kier alpha value is -2.00. The molecule has 2 rings (SSSR count). The molecule has 3 nitrogen and oxygen atoms in total. The fourth-order valence-electron chi connectivity index (χ4n) is 2.05. The van der Waals surface area contributed by atoms with Gasteiger partial charge >= 0.3 is 0 Å². The Labute approximate surface area is 129 Å². The summed E-state index contributed by atoms with van der Waals surface area (Å²) in [7, 11) is 1.64. The SMILES string of the molecule is COc1cccc(CCNC(=O)c2cccc(CCl)c2)c1. The zero-order chi connectivity index (χ0) is 15.1. The number of carbonyl (C=O) groups excluding carboxylic acids is 1. The molecule has 110 valence electrons. The van der Waals surface area contributed by atoms with E-state index in [4.69, 9.17) is 16.3 Å². The van der Waals surface area contributed by atoms with Crippen LogP contribution in [0.2, 0.25) is 0 Å². The van der Waals surface area contributed by atoms with Crippen LogP contribution >= 0.6 is 11.6 Å². The number of alkyl halides is 1. The Bertz CT molecular complexity index is 613. The molecule has 1 N–H and O–H groups in total. The molecular weight excluding hydrogens is 286 g/mol. The lowest BCUT2D eigenvalue weighted by Crippen LogP contribution is -2.25. The highest BCUT2D eigenvalue weighted by atomic mass is 35.5. The van der Waals surface area contributed by atoms with E-state index in [1.54, 1.807) is 13.2 Å². The molecule has 0 fully saturated rings. The van der Waals surface area contributed by atoms with Crippen LogP contribution in [-0.4, -0.2) is 19.6 Å². The molecule has 0 atom stereocenters. The summed E-state index contributed by atoms with van der Waals surface area (Å²) in [5, 5.41) is 2.91. The van der Waals surface area contributed by atoms with E-state index in [-0.39, 0.29) is 5.91 Å².